The highest BCUT2D eigenvalue weighted by molar-refractivity contribution is 5.91. The van der Waals surface area contributed by atoms with Crippen LogP contribution in [0.5, 0.6) is 0 Å². The lowest BCUT2D eigenvalue weighted by Gasteiger charge is -2.36. The molecule has 2 heteroatoms. The van der Waals surface area contributed by atoms with Crippen molar-refractivity contribution in [2.75, 3.05) is 18.8 Å². The summed E-state index contributed by atoms with van der Waals surface area (Å²) in [5.74, 6) is 0. The van der Waals surface area contributed by atoms with Crippen LogP contribution >= 0.6 is 0 Å². The van der Waals surface area contributed by atoms with E-state index in [-0.39, 0.29) is 5.41 Å². The number of benzene rings is 3. The molecule has 3 N–H and O–H groups in total. The third-order valence-electron chi connectivity index (χ3n) is 5.78. The first-order valence-electron chi connectivity index (χ1n) is 9.44. The minimum atomic E-state index is -0.329. The van der Waals surface area contributed by atoms with Crippen molar-refractivity contribution in [3.05, 3.63) is 119 Å². The molecule has 1 heterocycles. The zero-order valence-corrected chi connectivity index (χ0v) is 15.2. The molecule has 0 saturated heterocycles. The quantitative estimate of drug-likeness (QED) is 0.667. The molecule has 0 bridgehead atoms. The molecule has 3 aromatic rings. The van der Waals surface area contributed by atoms with Crippen molar-refractivity contribution in [2.24, 2.45) is 0 Å². The van der Waals surface area contributed by atoms with Crippen molar-refractivity contribution in [3.8, 4) is 0 Å². The lowest BCUT2D eigenvalue weighted by Crippen LogP contribution is -2.34. The predicted molar refractivity (Wildman–Crippen MR) is 113 cm³/mol. The summed E-state index contributed by atoms with van der Waals surface area (Å²) in [7, 11) is 0. The van der Waals surface area contributed by atoms with Gasteiger partial charge in [0.15, 0.2) is 0 Å². The summed E-state index contributed by atoms with van der Waals surface area (Å²) in [6.07, 6.45) is 4.49. The van der Waals surface area contributed by atoms with Gasteiger partial charge in [-0.05, 0) is 45.5 Å². The van der Waals surface area contributed by atoms with Crippen LogP contribution in [-0.4, -0.2) is 13.1 Å². The van der Waals surface area contributed by atoms with Gasteiger partial charge in [0.2, 0.25) is 0 Å². The fraction of sp³-hybridized carbons (Fsp3) is 0.120. The number of nitrogen functional groups attached to an aromatic ring is 1. The Bertz CT molecular complexity index is 1010. The molecule has 2 aliphatic rings. The molecule has 1 aliphatic carbocycles. The molecular weight excluding hydrogens is 328 g/mol. The van der Waals surface area contributed by atoms with Crippen LogP contribution in [-0.2, 0) is 5.41 Å². The van der Waals surface area contributed by atoms with Crippen LogP contribution in [0.1, 0.15) is 22.3 Å². The molecule has 0 aromatic heterocycles. The molecule has 0 atom stereocenters. The van der Waals surface area contributed by atoms with Crippen molar-refractivity contribution in [1.29, 1.82) is 0 Å². The monoisotopic (exact) mass is 350 g/mol. The van der Waals surface area contributed by atoms with E-state index in [1.165, 1.54) is 33.4 Å². The maximum absolute atomic E-state index is 6.28. The second-order valence-corrected chi connectivity index (χ2v) is 7.21. The van der Waals surface area contributed by atoms with Gasteiger partial charge < -0.3 is 11.1 Å². The Morgan fingerprint density at radius 2 is 1.48 bits per heavy atom. The Kier molecular flexibility index (Phi) is 3.73. The molecule has 5 rings (SSSR count). The first kappa shape index (κ1) is 16.1. The summed E-state index contributed by atoms with van der Waals surface area (Å²) >= 11 is 0. The van der Waals surface area contributed by atoms with E-state index in [9.17, 15) is 0 Å². The van der Waals surface area contributed by atoms with Gasteiger partial charge in [0.25, 0.3) is 0 Å². The van der Waals surface area contributed by atoms with E-state index in [0.29, 0.717) is 0 Å². The largest absolute Gasteiger partial charge is 0.399 e. The van der Waals surface area contributed by atoms with E-state index in [1.807, 2.05) is 6.07 Å². The van der Waals surface area contributed by atoms with Crippen LogP contribution in [0.25, 0.3) is 5.57 Å². The highest BCUT2D eigenvalue weighted by Gasteiger charge is 2.47. The smallest absolute Gasteiger partial charge is 0.0689 e. The first-order chi connectivity index (χ1) is 13.3. The Morgan fingerprint density at radius 1 is 0.815 bits per heavy atom. The third kappa shape index (κ3) is 2.30. The fourth-order valence-electron chi connectivity index (χ4n) is 4.71. The molecule has 1 aliphatic heterocycles. The molecule has 0 unspecified atom stereocenters. The van der Waals surface area contributed by atoms with Crippen LogP contribution in [0, 0.1) is 0 Å². The molecular formula is C25H22N2. The van der Waals surface area contributed by atoms with Crippen LogP contribution in [0.4, 0.5) is 5.69 Å². The average molecular weight is 350 g/mol. The summed E-state index contributed by atoms with van der Waals surface area (Å²) in [6, 6.07) is 28.0. The first-order valence-corrected chi connectivity index (χ1v) is 9.44. The minimum absolute atomic E-state index is 0.329. The van der Waals surface area contributed by atoms with E-state index in [4.69, 9.17) is 5.73 Å². The van der Waals surface area contributed by atoms with Gasteiger partial charge in [-0.25, -0.2) is 0 Å². The van der Waals surface area contributed by atoms with Gasteiger partial charge in [-0.3, -0.25) is 0 Å². The zero-order chi connectivity index (χ0) is 18.3. The van der Waals surface area contributed by atoms with Crippen molar-refractivity contribution in [2.45, 2.75) is 5.41 Å². The van der Waals surface area contributed by atoms with Crippen LogP contribution < -0.4 is 11.1 Å². The fourth-order valence-corrected chi connectivity index (χ4v) is 4.71. The number of anilines is 1. The molecule has 3 aromatic carbocycles. The second kappa shape index (κ2) is 6.26. The predicted octanol–water partition coefficient (Wildman–Crippen LogP) is 4.53. The summed E-state index contributed by atoms with van der Waals surface area (Å²) in [5, 5.41) is 3.59. The number of hydrogen-bond acceptors (Lipinski definition) is 2. The van der Waals surface area contributed by atoms with E-state index in [2.05, 4.69) is 90.3 Å². The van der Waals surface area contributed by atoms with Crippen molar-refractivity contribution < 1.29 is 0 Å². The Hall–Kier alpha value is -3.10. The lowest BCUT2D eigenvalue weighted by molar-refractivity contribution is 0.682. The number of nitrogens with one attached hydrogen (secondary N) is 1. The average Bonchev–Trinajstić information content (AvgIpc) is 2.85. The van der Waals surface area contributed by atoms with Gasteiger partial charge >= 0.3 is 0 Å². The van der Waals surface area contributed by atoms with E-state index in [1.54, 1.807) is 0 Å². The summed E-state index contributed by atoms with van der Waals surface area (Å²) in [6.45, 7) is 1.73. The van der Waals surface area contributed by atoms with Gasteiger partial charge in [-0.2, -0.15) is 0 Å². The molecule has 27 heavy (non-hydrogen) atoms. The number of allylic oxidation sites excluding steroid dienone is 2. The topological polar surface area (TPSA) is 38.0 Å². The maximum Gasteiger partial charge on any atom is 0.0689 e. The van der Waals surface area contributed by atoms with Crippen LogP contribution in [0.15, 0.2) is 96.6 Å². The Balaban J connectivity index is 1.94. The summed E-state index contributed by atoms with van der Waals surface area (Å²) in [5.41, 5.74) is 14.6. The van der Waals surface area contributed by atoms with Gasteiger partial charge in [0, 0.05) is 18.8 Å². The van der Waals surface area contributed by atoms with E-state index in [0.717, 1.165) is 18.8 Å². The van der Waals surface area contributed by atoms with Crippen molar-refractivity contribution in [1.82, 2.24) is 5.32 Å². The lowest BCUT2D eigenvalue weighted by atomic mass is 9.66. The molecule has 0 amide bonds. The standard InChI is InChI=1S/C25H22N2/c26-20-13-14-22-21-12-7-15-27-17-24(21)25(23(22)16-20,18-8-3-1-4-9-18)19-10-5-2-6-11-19/h1-14,16,27H,15,17,26H2. The van der Waals surface area contributed by atoms with E-state index < -0.39 is 0 Å². The highest BCUT2D eigenvalue weighted by atomic mass is 14.9. The molecule has 0 radical (unpaired) electrons. The summed E-state index contributed by atoms with van der Waals surface area (Å²) in [4.78, 5) is 0. The molecule has 132 valence electrons. The number of nitrogens with two attached hydrogens (primary N) is 1. The van der Waals surface area contributed by atoms with E-state index >= 15 is 0 Å². The molecule has 0 spiro atoms. The van der Waals surface area contributed by atoms with Gasteiger partial charge in [-0.15, -0.1) is 0 Å². The maximum atomic E-state index is 6.28. The van der Waals surface area contributed by atoms with Crippen LogP contribution in [0.2, 0.25) is 0 Å². The zero-order valence-electron chi connectivity index (χ0n) is 15.2. The second-order valence-electron chi connectivity index (χ2n) is 7.21. The van der Waals surface area contributed by atoms with Crippen molar-refractivity contribution in [3.63, 3.8) is 0 Å². The molecule has 2 nitrogen and oxygen atoms in total. The molecule has 0 fully saturated rings. The van der Waals surface area contributed by atoms with Crippen LogP contribution in [0.3, 0.4) is 0 Å². The SMILES string of the molecule is Nc1ccc2c(c1)C(c1ccccc1)(c1ccccc1)C1=C2C=CCNC1. The normalized spacial score (nSPS) is 17.3. The van der Waals surface area contributed by atoms with Crippen molar-refractivity contribution >= 4 is 11.3 Å². The third-order valence-corrected chi connectivity index (χ3v) is 5.78. The molecule has 0 saturated carbocycles. The van der Waals surface area contributed by atoms with Gasteiger partial charge in [0.05, 0.1) is 5.41 Å². The Morgan fingerprint density at radius 3 is 2.15 bits per heavy atom. The summed E-state index contributed by atoms with van der Waals surface area (Å²) < 4.78 is 0. The number of fused-ring (bicyclic) bond motifs is 2. The Labute approximate surface area is 160 Å². The highest BCUT2D eigenvalue weighted by Crippen LogP contribution is 2.55. The number of hydrogen-bond donors (Lipinski definition) is 2. The number of rotatable bonds is 2. The minimum Gasteiger partial charge on any atom is -0.399 e. The van der Waals surface area contributed by atoms with Gasteiger partial charge in [0.1, 0.15) is 0 Å². The van der Waals surface area contributed by atoms with Gasteiger partial charge in [-0.1, -0.05) is 78.9 Å².